The molecule has 0 aromatic heterocycles. The molecule has 1 fully saturated rings. The van der Waals surface area contributed by atoms with E-state index in [1.54, 1.807) is 36.4 Å². The number of rotatable bonds is 23. The number of anilines is 1. The highest BCUT2D eigenvalue weighted by molar-refractivity contribution is 7.91. The van der Waals surface area contributed by atoms with Crippen molar-refractivity contribution in [2.45, 2.75) is 55.9 Å². The summed E-state index contributed by atoms with van der Waals surface area (Å²) in [7, 11) is -3.85. The van der Waals surface area contributed by atoms with Crippen molar-refractivity contribution in [1.29, 1.82) is 0 Å². The van der Waals surface area contributed by atoms with Gasteiger partial charge in [0.2, 0.25) is 9.84 Å². The van der Waals surface area contributed by atoms with Gasteiger partial charge in [-0.25, -0.2) is 29.3 Å². The Bertz CT molecular complexity index is 2160. The summed E-state index contributed by atoms with van der Waals surface area (Å²) < 4.78 is 98.1. The number of benzene rings is 3. The molecule has 0 unspecified atom stereocenters. The van der Waals surface area contributed by atoms with Crippen LogP contribution in [0.15, 0.2) is 76.5 Å². The fourth-order valence-corrected chi connectivity index (χ4v) is 9.22. The van der Waals surface area contributed by atoms with Gasteiger partial charge in [-0.2, -0.15) is 27.4 Å². The van der Waals surface area contributed by atoms with E-state index in [9.17, 15) is 25.3 Å². The molecule has 3 aromatic carbocycles. The summed E-state index contributed by atoms with van der Waals surface area (Å²) in [6.07, 6.45) is 0.687. The molecule has 1 heterocycles. The topological polar surface area (TPSA) is 210 Å². The second kappa shape index (κ2) is 20.9. The first kappa shape index (κ1) is 50.4. The number of hydrogen-bond donors (Lipinski definition) is 6. The van der Waals surface area contributed by atoms with Gasteiger partial charge < -0.3 is 19.1 Å². The van der Waals surface area contributed by atoms with Crippen molar-refractivity contribution < 1.29 is 48.1 Å². The third-order valence-corrected chi connectivity index (χ3v) is 13.4. The van der Waals surface area contributed by atoms with Crippen LogP contribution in [0, 0.1) is 6.92 Å². The molecular formula is C40H67N9O9S3+2. The van der Waals surface area contributed by atoms with Crippen LogP contribution in [-0.4, -0.2) is 163 Å². The maximum Gasteiger partial charge on any atom is 0.265 e. The Hall–Kier alpha value is -3.29. The lowest BCUT2D eigenvalue weighted by Crippen LogP contribution is -2.66. The molecule has 0 atom stereocenters. The standard InChI is InChI=1S/C40H65N9O9S3/c1-33-11-20-39(61(56,57)37-18-16-36(17-19-37)58-40(2,3)4)38(29-33)34-12-14-35(15-13-34)43-44-47-31-45(41-21-25-48(5,6)23-9-27-59(50,51)52)30-46(32-47)42-22-26-49(7,8)24-10-28-60(53,54)55/h11-20,29,41-44H,9-10,21-28,30-32H2,1-8H3/p+2. The van der Waals surface area contributed by atoms with Gasteiger partial charge in [0.1, 0.15) is 11.4 Å². The molecule has 0 bridgehead atoms. The summed E-state index contributed by atoms with van der Waals surface area (Å²) in [4.78, 5) is 0.377. The molecule has 1 aliphatic heterocycles. The molecule has 0 spiro atoms. The van der Waals surface area contributed by atoms with Crippen molar-refractivity contribution in [1.82, 2.24) is 31.4 Å². The van der Waals surface area contributed by atoms with Gasteiger partial charge in [-0.1, -0.05) is 29.8 Å². The predicted molar refractivity (Wildman–Crippen MR) is 238 cm³/mol. The summed E-state index contributed by atoms with van der Waals surface area (Å²) >= 11 is 0. The van der Waals surface area contributed by atoms with Crippen molar-refractivity contribution in [3.63, 3.8) is 0 Å². The van der Waals surface area contributed by atoms with Crippen LogP contribution in [0.2, 0.25) is 0 Å². The number of sulfone groups is 1. The SMILES string of the molecule is Cc1ccc(S(=O)(=O)c2ccc(OC(C)(C)C)cc2)c(-c2ccc(NNN3CN(NCC[N+](C)(C)CCCS(=O)(=O)O)CN(NCC[N+](C)(C)CCCS(=O)(=O)O)C3)cc2)c1. The van der Waals surface area contributed by atoms with Crippen LogP contribution < -0.4 is 26.5 Å². The number of quaternary nitrogens is 2. The van der Waals surface area contributed by atoms with Gasteiger partial charge in [-0.05, 0) is 75.7 Å². The fraction of sp³-hybridized carbons (Fsp3) is 0.550. The maximum absolute atomic E-state index is 14.0. The first-order valence-electron chi connectivity index (χ1n) is 20.2. The summed E-state index contributed by atoms with van der Waals surface area (Å²) in [5.41, 5.74) is 16.1. The number of nitrogens with one attached hydrogen (secondary N) is 4. The second-order valence-electron chi connectivity index (χ2n) is 17.9. The first-order chi connectivity index (χ1) is 28.2. The van der Waals surface area contributed by atoms with Crippen molar-refractivity contribution in [2.75, 3.05) is 104 Å². The van der Waals surface area contributed by atoms with Crippen LogP contribution in [-0.2, 0) is 30.1 Å². The lowest BCUT2D eigenvalue weighted by molar-refractivity contribution is -0.889. The number of nitrogens with zero attached hydrogens (tertiary/aromatic N) is 5. The molecule has 0 radical (unpaired) electrons. The van der Waals surface area contributed by atoms with E-state index < -0.39 is 35.7 Å². The van der Waals surface area contributed by atoms with Gasteiger partial charge in [0.25, 0.3) is 20.2 Å². The normalized spacial score (nSPS) is 15.6. The highest BCUT2D eigenvalue weighted by Crippen LogP contribution is 2.34. The van der Waals surface area contributed by atoms with Crippen LogP contribution in [0.4, 0.5) is 5.69 Å². The Balaban J connectivity index is 1.43. The molecule has 21 heteroatoms. The summed E-state index contributed by atoms with van der Waals surface area (Å²) in [6.45, 7) is 12.9. The van der Waals surface area contributed by atoms with E-state index in [1.807, 2.05) is 101 Å². The van der Waals surface area contributed by atoms with Gasteiger partial charge >= 0.3 is 0 Å². The molecule has 18 nitrogen and oxygen atoms in total. The smallest absolute Gasteiger partial charge is 0.265 e. The minimum absolute atomic E-state index is 0.173. The second-order valence-corrected chi connectivity index (χ2v) is 23.0. The molecule has 3 aromatic rings. The molecule has 6 N–H and O–H groups in total. The molecule has 0 aliphatic carbocycles. The zero-order chi connectivity index (χ0) is 45.3. The van der Waals surface area contributed by atoms with Crippen molar-refractivity contribution >= 4 is 35.8 Å². The molecule has 1 saturated heterocycles. The predicted octanol–water partition coefficient (Wildman–Crippen LogP) is 3.01. The van der Waals surface area contributed by atoms with Gasteiger partial charge in [-0.3, -0.25) is 9.11 Å². The highest BCUT2D eigenvalue weighted by atomic mass is 32.2. The Morgan fingerprint density at radius 2 is 1.16 bits per heavy atom. The number of hydrazine groups is 4. The van der Waals surface area contributed by atoms with Crippen molar-refractivity contribution in [3.05, 3.63) is 72.3 Å². The molecule has 342 valence electrons. The van der Waals surface area contributed by atoms with Crippen LogP contribution in [0.25, 0.3) is 11.1 Å². The van der Waals surface area contributed by atoms with E-state index in [0.29, 0.717) is 92.4 Å². The third-order valence-electron chi connectivity index (χ3n) is 10.00. The summed E-state index contributed by atoms with van der Waals surface area (Å²) in [6, 6.07) is 19.3. The lowest BCUT2D eigenvalue weighted by Gasteiger charge is -2.43. The quantitative estimate of drug-likeness (QED) is 0.0459. The molecule has 0 saturated carbocycles. The number of hydrogen-bond acceptors (Lipinski definition) is 14. The minimum Gasteiger partial charge on any atom is -0.488 e. The Morgan fingerprint density at radius 3 is 1.64 bits per heavy atom. The molecule has 61 heavy (non-hydrogen) atoms. The Kier molecular flexibility index (Phi) is 17.3. The zero-order valence-corrected chi connectivity index (χ0v) is 39.2. The van der Waals surface area contributed by atoms with Gasteiger partial charge in [0, 0.05) is 18.4 Å². The van der Waals surface area contributed by atoms with Crippen LogP contribution >= 0.6 is 0 Å². The van der Waals surface area contributed by atoms with Gasteiger partial charge in [0.15, 0.2) is 0 Å². The van der Waals surface area contributed by atoms with Crippen molar-refractivity contribution in [2.24, 2.45) is 0 Å². The zero-order valence-electron chi connectivity index (χ0n) is 36.8. The number of aryl methyl sites for hydroxylation is 1. The maximum atomic E-state index is 14.0. The largest absolute Gasteiger partial charge is 0.488 e. The van der Waals surface area contributed by atoms with Crippen LogP contribution in [0.5, 0.6) is 5.75 Å². The average molecular weight is 914 g/mol. The fourth-order valence-electron chi connectivity index (χ4n) is 6.77. The van der Waals surface area contributed by atoms with E-state index in [0.717, 1.165) is 16.8 Å². The van der Waals surface area contributed by atoms with Gasteiger partial charge in [-0.15, -0.1) is 0 Å². The summed E-state index contributed by atoms with van der Waals surface area (Å²) in [5.74, 6) is 0.0312. The highest BCUT2D eigenvalue weighted by Gasteiger charge is 2.27. The summed E-state index contributed by atoms with van der Waals surface area (Å²) in [5, 5.41) is 6.02. The van der Waals surface area contributed by atoms with E-state index in [4.69, 9.17) is 13.8 Å². The van der Waals surface area contributed by atoms with E-state index in [-0.39, 0.29) is 21.3 Å². The van der Waals surface area contributed by atoms with Gasteiger partial charge in [0.05, 0.1) is 114 Å². The molecule has 4 rings (SSSR count). The monoisotopic (exact) mass is 913 g/mol. The van der Waals surface area contributed by atoms with E-state index >= 15 is 0 Å². The molecular weight excluding hydrogens is 847 g/mol. The van der Waals surface area contributed by atoms with Crippen LogP contribution in [0.3, 0.4) is 0 Å². The third kappa shape index (κ3) is 17.8. The number of ether oxygens (including phenoxy) is 1. The minimum atomic E-state index is -4.01. The van der Waals surface area contributed by atoms with Crippen LogP contribution in [0.1, 0.15) is 39.2 Å². The Morgan fingerprint density at radius 1 is 0.672 bits per heavy atom. The lowest BCUT2D eigenvalue weighted by atomic mass is 10.0. The van der Waals surface area contributed by atoms with E-state index in [2.05, 4.69) is 21.8 Å². The Labute approximate surface area is 363 Å². The average Bonchev–Trinajstić information content (AvgIpc) is 3.12. The number of likely N-dealkylation sites (N-methyl/N-ethyl adjacent to an activating group) is 2. The van der Waals surface area contributed by atoms with E-state index in [1.165, 1.54) is 0 Å². The van der Waals surface area contributed by atoms with Crippen molar-refractivity contribution in [3.8, 4) is 16.9 Å². The first-order valence-corrected chi connectivity index (χ1v) is 24.9. The molecule has 0 amide bonds. The molecule has 1 aliphatic rings.